The van der Waals surface area contributed by atoms with E-state index in [4.69, 9.17) is 18.9 Å². The molecule has 0 spiro atoms. The standard InChI is InChI=1S/C32H35N5O6S/c1-4-41-28-19-24(11-14-27(28)43-18-16-40-15-17-42-25-12-9-22(2)10-13-25)21-33-35-29(38)20-30-36-37-32(44-30)34-31(39)26-8-6-5-7-23(26)3/h5-14,19,21H,4,15-18,20H2,1-3H3,(H,35,38)(H,34,37,39)/b33-21+. The van der Waals surface area contributed by atoms with Crippen LogP contribution in [-0.2, 0) is 16.0 Å². The van der Waals surface area contributed by atoms with Gasteiger partial charge < -0.3 is 18.9 Å². The van der Waals surface area contributed by atoms with Crippen LogP contribution >= 0.6 is 11.3 Å². The zero-order valence-corrected chi connectivity index (χ0v) is 25.7. The molecule has 0 aliphatic rings. The van der Waals surface area contributed by atoms with Gasteiger partial charge >= 0.3 is 0 Å². The summed E-state index contributed by atoms with van der Waals surface area (Å²) in [7, 11) is 0. The summed E-state index contributed by atoms with van der Waals surface area (Å²) >= 11 is 1.13. The summed E-state index contributed by atoms with van der Waals surface area (Å²) in [6.45, 7) is 7.86. The Morgan fingerprint density at radius 1 is 0.886 bits per heavy atom. The van der Waals surface area contributed by atoms with Gasteiger partial charge in [-0.3, -0.25) is 14.9 Å². The van der Waals surface area contributed by atoms with Crippen molar-refractivity contribution in [2.75, 3.05) is 38.4 Å². The summed E-state index contributed by atoms with van der Waals surface area (Å²) in [4.78, 5) is 24.9. The van der Waals surface area contributed by atoms with Gasteiger partial charge in [0.15, 0.2) is 11.5 Å². The Hall–Kier alpha value is -4.81. The first-order chi connectivity index (χ1) is 21.4. The normalized spacial score (nSPS) is 10.9. The van der Waals surface area contributed by atoms with Crippen LogP contribution in [0.3, 0.4) is 0 Å². The molecule has 0 unspecified atom stereocenters. The Morgan fingerprint density at radius 3 is 2.43 bits per heavy atom. The molecule has 2 N–H and O–H groups in total. The average molecular weight is 618 g/mol. The van der Waals surface area contributed by atoms with Crippen LogP contribution in [0.4, 0.5) is 5.13 Å². The van der Waals surface area contributed by atoms with Crippen LogP contribution in [-0.4, -0.2) is 61.3 Å². The van der Waals surface area contributed by atoms with E-state index in [0.717, 1.165) is 22.6 Å². The molecule has 0 radical (unpaired) electrons. The van der Waals surface area contributed by atoms with Gasteiger partial charge in [-0.05, 0) is 68.3 Å². The molecule has 44 heavy (non-hydrogen) atoms. The molecule has 0 saturated carbocycles. The number of benzene rings is 3. The number of aryl methyl sites for hydroxylation is 2. The quantitative estimate of drug-likeness (QED) is 0.102. The lowest BCUT2D eigenvalue weighted by Gasteiger charge is -2.13. The molecule has 0 aliphatic heterocycles. The van der Waals surface area contributed by atoms with Gasteiger partial charge in [0, 0.05) is 5.56 Å². The van der Waals surface area contributed by atoms with Crippen molar-refractivity contribution in [1.82, 2.24) is 15.6 Å². The van der Waals surface area contributed by atoms with Gasteiger partial charge in [0.1, 0.15) is 24.0 Å². The van der Waals surface area contributed by atoms with Crippen molar-refractivity contribution in [2.24, 2.45) is 5.10 Å². The van der Waals surface area contributed by atoms with Crippen LogP contribution in [0.25, 0.3) is 0 Å². The highest BCUT2D eigenvalue weighted by molar-refractivity contribution is 7.15. The number of rotatable bonds is 16. The SMILES string of the molecule is CCOc1cc(/C=N/NC(=O)Cc2nnc(NC(=O)c3ccccc3C)s2)ccc1OCCOCCOc1ccc(C)cc1. The van der Waals surface area contributed by atoms with Crippen LogP contribution in [0.15, 0.2) is 71.8 Å². The highest BCUT2D eigenvalue weighted by Gasteiger charge is 2.14. The van der Waals surface area contributed by atoms with E-state index in [9.17, 15) is 9.59 Å². The van der Waals surface area contributed by atoms with Crippen molar-refractivity contribution < 1.29 is 28.5 Å². The molecule has 0 saturated heterocycles. The molecular weight excluding hydrogens is 582 g/mol. The predicted molar refractivity (Wildman–Crippen MR) is 169 cm³/mol. The molecule has 4 rings (SSSR count). The molecule has 0 bridgehead atoms. The summed E-state index contributed by atoms with van der Waals surface area (Å²) in [6, 6.07) is 20.5. The Kier molecular flexibility index (Phi) is 12.2. The maximum Gasteiger partial charge on any atom is 0.257 e. The second-order valence-corrected chi connectivity index (χ2v) is 10.6. The van der Waals surface area contributed by atoms with E-state index in [2.05, 4.69) is 26.0 Å². The minimum Gasteiger partial charge on any atom is -0.491 e. The topological polar surface area (TPSA) is 133 Å². The number of nitrogens with zero attached hydrogens (tertiary/aromatic N) is 3. The van der Waals surface area contributed by atoms with Gasteiger partial charge in [0.2, 0.25) is 11.0 Å². The number of hydrogen-bond acceptors (Lipinski definition) is 10. The van der Waals surface area contributed by atoms with Crippen molar-refractivity contribution >= 4 is 34.5 Å². The zero-order chi connectivity index (χ0) is 31.1. The fourth-order valence-corrected chi connectivity index (χ4v) is 4.61. The Bertz CT molecular complexity index is 1560. The summed E-state index contributed by atoms with van der Waals surface area (Å²) in [5, 5.41) is 15.5. The Labute approximate surface area is 260 Å². The second kappa shape index (κ2) is 16.7. The molecule has 0 aliphatic carbocycles. The van der Waals surface area contributed by atoms with Gasteiger partial charge in [-0.15, -0.1) is 10.2 Å². The van der Waals surface area contributed by atoms with Crippen LogP contribution in [0.5, 0.6) is 17.2 Å². The highest BCUT2D eigenvalue weighted by atomic mass is 32.1. The van der Waals surface area contributed by atoms with E-state index in [1.54, 1.807) is 30.3 Å². The molecule has 0 fully saturated rings. The fraction of sp³-hybridized carbons (Fsp3) is 0.281. The summed E-state index contributed by atoms with van der Waals surface area (Å²) in [6.07, 6.45) is 1.47. The van der Waals surface area contributed by atoms with E-state index in [1.165, 1.54) is 11.8 Å². The molecule has 1 aromatic heterocycles. The van der Waals surface area contributed by atoms with Gasteiger partial charge in [0.25, 0.3) is 5.91 Å². The van der Waals surface area contributed by atoms with Gasteiger partial charge in [-0.2, -0.15) is 5.10 Å². The van der Waals surface area contributed by atoms with Crippen LogP contribution in [0.1, 0.15) is 39.0 Å². The van der Waals surface area contributed by atoms with E-state index in [1.807, 2.05) is 57.2 Å². The minimum atomic E-state index is -0.372. The van der Waals surface area contributed by atoms with Crippen LogP contribution in [0.2, 0.25) is 0 Å². The van der Waals surface area contributed by atoms with Crippen LogP contribution in [0, 0.1) is 13.8 Å². The van der Waals surface area contributed by atoms with E-state index < -0.39 is 0 Å². The fourth-order valence-electron chi connectivity index (χ4n) is 3.88. The van der Waals surface area contributed by atoms with Crippen molar-refractivity contribution in [2.45, 2.75) is 27.2 Å². The molecular formula is C32H35N5O6S. The zero-order valence-electron chi connectivity index (χ0n) is 24.9. The monoisotopic (exact) mass is 617 g/mol. The first-order valence-electron chi connectivity index (χ1n) is 14.1. The average Bonchev–Trinajstić information content (AvgIpc) is 3.45. The maximum atomic E-state index is 12.5. The number of carbonyl (C=O) groups is 2. The molecule has 3 aromatic carbocycles. The minimum absolute atomic E-state index is 0.0354. The third-order valence-corrected chi connectivity index (χ3v) is 6.90. The lowest BCUT2D eigenvalue weighted by atomic mass is 10.1. The third kappa shape index (κ3) is 10.2. The van der Waals surface area contributed by atoms with E-state index in [-0.39, 0.29) is 18.2 Å². The molecule has 12 heteroatoms. The maximum absolute atomic E-state index is 12.5. The number of ether oxygens (including phenoxy) is 4. The van der Waals surface area contributed by atoms with Crippen molar-refractivity contribution in [3.8, 4) is 17.2 Å². The van der Waals surface area contributed by atoms with Gasteiger partial charge in [-0.1, -0.05) is 47.2 Å². The summed E-state index contributed by atoms with van der Waals surface area (Å²) < 4.78 is 22.8. The first-order valence-corrected chi connectivity index (χ1v) is 14.9. The van der Waals surface area contributed by atoms with Crippen molar-refractivity contribution in [3.63, 3.8) is 0 Å². The number of anilines is 1. The molecule has 11 nitrogen and oxygen atoms in total. The van der Waals surface area contributed by atoms with Crippen LogP contribution < -0.4 is 25.0 Å². The van der Waals surface area contributed by atoms with Crippen molar-refractivity contribution in [3.05, 3.63) is 94.0 Å². The van der Waals surface area contributed by atoms with Crippen molar-refractivity contribution in [1.29, 1.82) is 0 Å². The summed E-state index contributed by atoms with van der Waals surface area (Å²) in [5.41, 5.74) is 5.78. The summed E-state index contributed by atoms with van der Waals surface area (Å²) in [5.74, 6) is 1.29. The van der Waals surface area contributed by atoms with E-state index >= 15 is 0 Å². The number of hydrogen-bond donors (Lipinski definition) is 2. The highest BCUT2D eigenvalue weighted by Crippen LogP contribution is 2.28. The molecule has 230 valence electrons. The smallest absolute Gasteiger partial charge is 0.257 e. The Balaban J connectivity index is 1.18. The van der Waals surface area contributed by atoms with E-state index in [0.29, 0.717) is 65.8 Å². The third-order valence-electron chi connectivity index (χ3n) is 6.06. The molecule has 2 amide bonds. The number of nitrogens with one attached hydrogen (secondary N) is 2. The number of amides is 2. The lowest BCUT2D eigenvalue weighted by molar-refractivity contribution is -0.120. The molecule has 0 atom stereocenters. The molecule has 1 heterocycles. The lowest BCUT2D eigenvalue weighted by Crippen LogP contribution is -2.19. The number of aromatic nitrogens is 2. The predicted octanol–water partition coefficient (Wildman–Crippen LogP) is 4.97. The Morgan fingerprint density at radius 2 is 1.66 bits per heavy atom. The van der Waals surface area contributed by atoms with Gasteiger partial charge in [-0.25, -0.2) is 5.43 Å². The second-order valence-electron chi connectivity index (χ2n) is 9.50. The first kappa shape index (κ1) is 32.1. The number of carbonyl (C=O) groups excluding carboxylic acids is 2. The van der Waals surface area contributed by atoms with Gasteiger partial charge in [0.05, 0.1) is 32.5 Å². The molecule has 4 aromatic rings. The number of hydrazone groups is 1. The largest absolute Gasteiger partial charge is 0.491 e.